The molecule has 28 heavy (non-hydrogen) atoms. The van der Waals surface area contributed by atoms with Gasteiger partial charge in [-0.15, -0.1) is 0 Å². The molecular weight excluding hydrogens is 366 g/mol. The number of anilines is 1. The highest BCUT2D eigenvalue weighted by atomic mass is 35.5. The molecule has 0 N–H and O–H groups in total. The SMILES string of the molecule is CC1(C)C(=O)N(c2ccc(Cl)cc2)C2=C(c3ccccc3)c3ccccc3C21. The van der Waals surface area contributed by atoms with Crippen molar-refractivity contribution in [3.63, 3.8) is 0 Å². The van der Waals surface area contributed by atoms with Crippen molar-refractivity contribution in [1.82, 2.24) is 0 Å². The molecule has 1 unspecified atom stereocenters. The summed E-state index contributed by atoms with van der Waals surface area (Å²) in [7, 11) is 0. The molecule has 3 aromatic carbocycles. The van der Waals surface area contributed by atoms with Crippen molar-refractivity contribution in [2.75, 3.05) is 4.90 Å². The van der Waals surface area contributed by atoms with Crippen molar-refractivity contribution >= 4 is 28.8 Å². The van der Waals surface area contributed by atoms with E-state index < -0.39 is 5.41 Å². The van der Waals surface area contributed by atoms with Gasteiger partial charge in [-0.05, 0) is 41.0 Å². The Morgan fingerprint density at radius 1 is 0.857 bits per heavy atom. The summed E-state index contributed by atoms with van der Waals surface area (Å²) in [5.41, 5.74) is 6.14. The topological polar surface area (TPSA) is 20.3 Å². The Hall–Kier alpha value is -2.84. The van der Waals surface area contributed by atoms with Gasteiger partial charge in [0, 0.05) is 27.9 Å². The van der Waals surface area contributed by atoms with E-state index in [1.807, 2.05) is 47.4 Å². The molecule has 0 bridgehead atoms. The molecule has 1 heterocycles. The number of carbonyl (C=O) groups is 1. The summed E-state index contributed by atoms with van der Waals surface area (Å²) >= 11 is 6.10. The number of rotatable bonds is 2. The first-order valence-corrected chi connectivity index (χ1v) is 9.87. The molecule has 1 aliphatic heterocycles. The molecule has 2 aliphatic rings. The van der Waals surface area contributed by atoms with Gasteiger partial charge in [-0.2, -0.15) is 0 Å². The highest BCUT2D eigenvalue weighted by Gasteiger charge is 2.56. The number of carbonyl (C=O) groups excluding carboxylic acids is 1. The fraction of sp³-hybridized carbons (Fsp3) is 0.160. The summed E-state index contributed by atoms with van der Waals surface area (Å²) in [5, 5.41) is 0.665. The molecule has 0 radical (unpaired) electrons. The largest absolute Gasteiger partial charge is 0.283 e. The van der Waals surface area contributed by atoms with Crippen LogP contribution < -0.4 is 4.90 Å². The van der Waals surface area contributed by atoms with E-state index in [1.54, 1.807) is 0 Å². The van der Waals surface area contributed by atoms with Crippen molar-refractivity contribution < 1.29 is 4.79 Å². The number of nitrogens with zero attached hydrogens (tertiary/aromatic N) is 1. The lowest BCUT2D eigenvalue weighted by Gasteiger charge is -2.23. The van der Waals surface area contributed by atoms with Crippen LogP contribution in [0.3, 0.4) is 0 Å². The molecule has 1 fully saturated rings. The van der Waals surface area contributed by atoms with E-state index in [0.717, 1.165) is 22.5 Å². The van der Waals surface area contributed by atoms with Gasteiger partial charge in [-0.3, -0.25) is 9.69 Å². The van der Waals surface area contributed by atoms with Crippen LogP contribution in [0.1, 0.15) is 36.5 Å². The number of fused-ring (bicyclic) bond motifs is 3. The van der Waals surface area contributed by atoms with Crippen molar-refractivity contribution in [3.8, 4) is 0 Å². The van der Waals surface area contributed by atoms with Crippen LogP contribution in [-0.4, -0.2) is 5.91 Å². The van der Waals surface area contributed by atoms with Crippen LogP contribution in [-0.2, 0) is 4.79 Å². The highest BCUT2D eigenvalue weighted by Crippen LogP contribution is 2.59. The van der Waals surface area contributed by atoms with Gasteiger partial charge in [-0.25, -0.2) is 0 Å². The van der Waals surface area contributed by atoms with E-state index >= 15 is 0 Å². The monoisotopic (exact) mass is 385 g/mol. The average molecular weight is 386 g/mol. The summed E-state index contributed by atoms with van der Waals surface area (Å²) < 4.78 is 0. The lowest BCUT2D eigenvalue weighted by Crippen LogP contribution is -2.32. The molecule has 1 atom stereocenters. The Morgan fingerprint density at radius 2 is 1.50 bits per heavy atom. The minimum absolute atomic E-state index is 0.0297. The fourth-order valence-corrected chi connectivity index (χ4v) is 4.78. The van der Waals surface area contributed by atoms with Crippen LogP contribution in [0, 0.1) is 5.41 Å². The smallest absolute Gasteiger partial charge is 0.237 e. The number of halogens is 1. The maximum atomic E-state index is 13.6. The van der Waals surface area contributed by atoms with E-state index in [1.165, 1.54) is 11.1 Å². The first-order valence-electron chi connectivity index (χ1n) is 9.49. The standard InChI is InChI=1S/C25H20ClNO/c1-25(2)22-20-11-7-6-10-19(20)21(16-8-4-3-5-9-16)23(22)27(24(25)28)18-14-12-17(26)13-15-18/h3-15,22H,1-2H3. The average Bonchev–Trinajstić information content (AvgIpc) is 3.14. The molecule has 3 heteroatoms. The van der Waals surface area contributed by atoms with Gasteiger partial charge in [-0.1, -0.05) is 80.0 Å². The van der Waals surface area contributed by atoms with Gasteiger partial charge in [0.15, 0.2) is 0 Å². The number of amides is 1. The Labute approximate surface area is 170 Å². The fourth-order valence-electron chi connectivity index (χ4n) is 4.65. The molecule has 0 aromatic heterocycles. The van der Waals surface area contributed by atoms with Crippen molar-refractivity contribution in [2.24, 2.45) is 5.41 Å². The number of benzene rings is 3. The summed E-state index contributed by atoms with van der Waals surface area (Å²) in [6, 6.07) is 26.4. The lowest BCUT2D eigenvalue weighted by atomic mass is 9.77. The summed E-state index contributed by atoms with van der Waals surface area (Å²) in [6.45, 7) is 4.11. The predicted molar refractivity (Wildman–Crippen MR) is 114 cm³/mol. The number of hydrogen-bond acceptors (Lipinski definition) is 1. The Morgan fingerprint density at radius 3 is 2.21 bits per heavy atom. The van der Waals surface area contributed by atoms with Crippen LogP contribution in [0.15, 0.2) is 84.6 Å². The summed E-state index contributed by atoms with van der Waals surface area (Å²) in [4.78, 5) is 15.5. The van der Waals surface area contributed by atoms with Crippen molar-refractivity contribution in [1.29, 1.82) is 0 Å². The highest BCUT2D eigenvalue weighted by molar-refractivity contribution is 6.30. The van der Waals surface area contributed by atoms with Gasteiger partial charge < -0.3 is 0 Å². The number of allylic oxidation sites excluding steroid dienone is 1. The first-order chi connectivity index (χ1) is 13.5. The molecule has 1 saturated heterocycles. The van der Waals surface area contributed by atoms with Gasteiger partial charge in [0.25, 0.3) is 0 Å². The molecule has 0 spiro atoms. The van der Waals surface area contributed by atoms with Crippen LogP contribution in [0.2, 0.25) is 5.02 Å². The first kappa shape index (κ1) is 17.3. The summed E-state index contributed by atoms with van der Waals surface area (Å²) in [5.74, 6) is 0.153. The third-order valence-electron chi connectivity index (χ3n) is 5.93. The third kappa shape index (κ3) is 2.31. The predicted octanol–water partition coefficient (Wildman–Crippen LogP) is 6.27. The molecule has 5 rings (SSSR count). The molecular formula is C25H20ClNO. The normalized spacial score (nSPS) is 19.8. The second-order valence-corrected chi connectivity index (χ2v) is 8.42. The Kier molecular flexibility index (Phi) is 3.75. The van der Waals surface area contributed by atoms with E-state index in [9.17, 15) is 4.79 Å². The third-order valence-corrected chi connectivity index (χ3v) is 6.19. The summed E-state index contributed by atoms with van der Waals surface area (Å²) in [6.07, 6.45) is 0. The van der Waals surface area contributed by atoms with Crippen LogP contribution >= 0.6 is 11.6 Å². The van der Waals surface area contributed by atoms with Gasteiger partial charge in [0.2, 0.25) is 5.91 Å². The molecule has 0 saturated carbocycles. The van der Waals surface area contributed by atoms with Crippen molar-refractivity contribution in [2.45, 2.75) is 19.8 Å². The second kappa shape index (κ2) is 6.08. The van der Waals surface area contributed by atoms with Gasteiger partial charge in [0.1, 0.15) is 0 Å². The molecule has 1 aliphatic carbocycles. The quantitative estimate of drug-likeness (QED) is 0.509. The van der Waals surface area contributed by atoms with E-state index in [0.29, 0.717) is 5.02 Å². The zero-order valence-electron chi connectivity index (χ0n) is 15.8. The second-order valence-electron chi connectivity index (χ2n) is 7.99. The van der Waals surface area contributed by atoms with Crippen LogP contribution in [0.4, 0.5) is 5.69 Å². The molecule has 1 amide bonds. The van der Waals surface area contributed by atoms with Crippen LogP contribution in [0.5, 0.6) is 0 Å². The maximum absolute atomic E-state index is 13.6. The number of hydrogen-bond donors (Lipinski definition) is 0. The Balaban J connectivity index is 1.83. The molecule has 2 nitrogen and oxygen atoms in total. The van der Waals surface area contributed by atoms with E-state index in [-0.39, 0.29) is 11.8 Å². The lowest BCUT2D eigenvalue weighted by molar-refractivity contribution is -0.124. The van der Waals surface area contributed by atoms with E-state index in [2.05, 4.69) is 50.2 Å². The minimum Gasteiger partial charge on any atom is -0.283 e. The molecule has 138 valence electrons. The van der Waals surface area contributed by atoms with E-state index in [4.69, 9.17) is 11.6 Å². The zero-order chi connectivity index (χ0) is 19.5. The Bertz CT molecular complexity index is 1110. The zero-order valence-corrected chi connectivity index (χ0v) is 16.6. The van der Waals surface area contributed by atoms with Gasteiger partial charge >= 0.3 is 0 Å². The molecule has 3 aromatic rings. The van der Waals surface area contributed by atoms with Gasteiger partial charge in [0.05, 0.1) is 5.41 Å². The van der Waals surface area contributed by atoms with Crippen LogP contribution in [0.25, 0.3) is 5.57 Å². The van der Waals surface area contributed by atoms with Crippen molar-refractivity contribution in [3.05, 3.63) is 106 Å². The minimum atomic E-state index is -0.526. The maximum Gasteiger partial charge on any atom is 0.237 e.